The number of hydrogen-bond acceptors (Lipinski definition) is 4. The van der Waals surface area contributed by atoms with E-state index in [4.69, 9.17) is 9.90 Å². The van der Waals surface area contributed by atoms with Crippen molar-refractivity contribution in [3.8, 4) is 0 Å². The fourth-order valence-electron chi connectivity index (χ4n) is 1.10. The zero-order valence-electron chi connectivity index (χ0n) is 9.90. The molecule has 1 rings (SSSR count). The molecule has 0 radical (unpaired) electrons. The molecular weight excluding hydrogens is 269 g/mol. The maximum atomic E-state index is 11.0. The summed E-state index contributed by atoms with van der Waals surface area (Å²) in [6.45, 7) is 1.38. The van der Waals surface area contributed by atoms with Gasteiger partial charge in [-0.15, -0.1) is 0 Å². The standard InChI is InChI=1S/C8H12N2O2.C2HF3O2/c9-5-1-2-6-10-7(11)3-4-8(10)12;3-2(4,5)1(6)7/h3-4H,1-2,5-6,9H2;(H,6,7). The molecule has 1 heterocycles. The molecule has 0 aromatic rings. The van der Waals surface area contributed by atoms with E-state index in [-0.39, 0.29) is 11.8 Å². The van der Waals surface area contributed by atoms with Gasteiger partial charge in [0.2, 0.25) is 0 Å². The van der Waals surface area contributed by atoms with Crippen molar-refractivity contribution in [2.75, 3.05) is 13.1 Å². The van der Waals surface area contributed by atoms with Gasteiger partial charge in [0, 0.05) is 18.7 Å². The van der Waals surface area contributed by atoms with E-state index in [0.717, 1.165) is 19.4 Å². The molecule has 0 aliphatic carbocycles. The van der Waals surface area contributed by atoms with Crippen LogP contribution in [0.2, 0.25) is 0 Å². The fraction of sp³-hybridized carbons (Fsp3) is 0.500. The first kappa shape index (κ1) is 17.1. The Morgan fingerprint density at radius 1 is 1.21 bits per heavy atom. The number of rotatable bonds is 4. The Morgan fingerprint density at radius 3 is 1.95 bits per heavy atom. The van der Waals surface area contributed by atoms with Crippen LogP contribution in [0.1, 0.15) is 12.8 Å². The molecule has 1 aliphatic rings. The number of nitrogens with zero attached hydrogens (tertiary/aromatic N) is 1. The van der Waals surface area contributed by atoms with Crippen LogP contribution in [0.3, 0.4) is 0 Å². The molecule has 3 N–H and O–H groups in total. The molecule has 0 saturated heterocycles. The molecule has 1 aliphatic heterocycles. The molecule has 9 heteroatoms. The number of imide groups is 1. The minimum absolute atomic E-state index is 0.191. The predicted molar refractivity (Wildman–Crippen MR) is 53.9 cm³/mol. The SMILES string of the molecule is O=C([O-])C(F)(F)F.[NH3+]CCCCN1C(=O)C=CC1=O. The number of unbranched alkanes of at least 4 members (excludes halogenated alkanes) is 1. The lowest BCUT2D eigenvalue weighted by Crippen LogP contribution is -2.50. The molecule has 0 saturated carbocycles. The van der Waals surface area contributed by atoms with Crippen LogP contribution >= 0.6 is 0 Å². The largest absolute Gasteiger partial charge is 0.542 e. The van der Waals surface area contributed by atoms with Crippen LogP contribution in [-0.2, 0) is 14.4 Å². The van der Waals surface area contributed by atoms with Crippen molar-refractivity contribution in [3.63, 3.8) is 0 Å². The summed E-state index contributed by atoms with van der Waals surface area (Å²) in [6, 6.07) is 0. The van der Waals surface area contributed by atoms with Crippen LogP contribution < -0.4 is 10.8 Å². The van der Waals surface area contributed by atoms with Gasteiger partial charge in [-0.25, -0.2) is 0 Å². The number of quaternary nitrogens is 1. The van der Waals surface area contributed by atoms with Crippen LogP contribution in [0.5, 0.6) is 0 Å². The molecule has 0 spiro atoms. The first-order chi connectivity index (χ1) is 8.70. The number of carbonyl (C=O) groups excluding carboxylic acids is 3. The van der Waals surface area contributed by atoms with Crippen LogP contribution in [0.15, 0.2) is 12.2 Å². The lowest BCUT2D eigenvalue weighted by molar-refractivity contribution is -0.368. The Labute approximate surface area is 106 Å². The van der Waals surface area contributed by atoms with Gasteiger partial charge < -0.3 is 15.6 Å². The van der Waals surface area contributed by atoms with Gasteiger partial charge in [-0.2, -0.15) is 13.2 Å². The average Bonchev–Trinajstić information content (AvgIpc) is 2.60. The van der Waals surface area contributed by atoms with Crippen molar-refractivity contribution in [3.05, 3.63) is 12.2 Å². The molecule has 2 amide bonds. The number of aliphatic carboxylic acids is 1. The van der Waals surface area contributed by atoms with Crippen molar-refractivity contribution < 1.29 is 38.4 Å². The molecule has 19 heavy (non-hydrogen) atoms. The van der Waals surface area contributed by atoms with Gasteiger partial charge in [-0.05, 0) is 12.8 Å². The number of halogens is 3. The van der Waals surface area contributed by atoms with Gasteiger partial charge in [0.1, 0.15) is 5.97 Å². The van der Waals surface area contributed by atoms with E-state index in [0.29, 0.717) is 6.54 Å². The summed E-state index contributed by atoms with van der Waals surface area (Å²) >= 11 is 0. The van der Waals surface area contributed by atoms with Gasteiger partial charge in [0.05, 0.1) is 6.54 Å². The van der Waals surface area contributed by atoms with Gasteiger partial charge in [-0.3, -0.25) is 14.5 Å². The molecule has 0 aromatic carbocycles. The summed E-state index contributed by atoms with van der Waals surface area (Å²) in [7, 11) is 0. The Hall–Kier alpha value is -1.90. The second kappa shape index (κ2) is 7.52. The molecule has 0 aromatic heterocycles. The lowest BCUT2D eigenvalue weighted by atomic mass is 10.3. The van der Waals surface area contributed by atoms with E-state index in [1.807, 2.05) is 0 Å². The van der Waals surface area contributed by atoms with Gasteiger partial charge in [0.15, 0.2) is 0 Å². The van der Waals surface area contributed by atoms with Crippen molar-refractivity contribution in [1.29, 1.82) is 0 Å². The van der Waals surface area contributed by atoms with E-state index in [2.05, 4.69) is 5.73 Å². The molecule has 0 bridgehead atoms. The van der Waals surface area contributed by atoms with Crippen molar-refractivity contribution >= 4 is 17.8 Å². The molecule has 0 fully saturated rings. The third-order valence-electron chi connectivity index (χ3n) is 2.01. The Morgan fingerprint density at radius 2 is 1.63 bits per heavy atom. The normalized spacial score (nSPS) is 14.4. The van der Waals surface area contributed by atoms with Crippen LogP contribution in [-0.4, -0.2) is 41.9 Å². The smallest absolute Gasteiger partial charge is 0.430 e. The maximum Gasteiger partial charge on any atom is 0.430 e. The van der Waals surface area contributed by atoms with Crippen molar-refractivity contribution in [1.82, 2.24) is 4.90 Å². The molecule has 6 nitrogen and oxygen atoms in total. The summed E-state index contributed by atoms with van der Waals surface area (Å²) in [6.07, 6.45) is -0.765. The van der Waals surface area contributed by atoms with Gasteiger partial charge in [0.25, 0.3) is 11.8 Å². The van der Waals surface area contributed by atoms with Crippen molar-refractivity contribution in [2.24, 2.45) is 0 Å². The third kappa shape index (κ3) is 6.55. The highest BCUT2D eigenvalue weighted by Gasteiger charge is 2.28. The molecule has 0 unspecified atom stereocenters. The highest BCUT2D eigenvalue weighted by atomic mass is 19.4. The summed E-state index contributed by atoms with van der Waals surface area (Å²) in [5.74, 6) is -3.39. The van der Waals surface area contributed by atoms with E-state index in [1.165, 1.54) is 17.1 Å². The Balaban J connectivity index is 0.000000399. The fourth-order valence-corrected chi connectivity index (χ4v) is 1.10. The second-order valence-corrected chi connectivity index (χ2v) is 3.51. The monoisotopic (exact) mass is 282 g/mol. The second-order valence-electron chi connectivity index (χ2n) is 3.51. The molecule has 108 valence electrons. The summed E-state index contributed by atoms with van der Waals surface area (Å²) < 4.78 is 31.5. The predicted octanol–water partition coefficient (Wildman–Crippen LogP) is -1.77. The van der Waals surface area contributed by atoms with Gasteiger partial charge >= 0.3 is 6.18 Å². The molecular formula is C10H13F3N2O4. The number of alkyl halides is 3. The van der Waals surface area contributed by atoms with E-state index < -0.39 is 12.1 Å². The summed E-state index contributed by atoms with van der Waals surface area (Å²) in [5, 5.41) is 8.78. The zero-order chi connectivity index (χ0) is 15.1. The number of carboxylic acids is 1. The number of carboxylic acid groups (broad SMARTS) is 1. The lowest BCUT2D eigenvalue weighted by Gasteiger charge is -2.11. The van der Waals surface area contributed by atoms with E-state index in [1.54, 1.807) is 0 Å². The van der Waals surface area contributed by atoms with Crippen LogP contribution in [0.25, 0.3) is 0 Å². The van der Waals surface area contributed by atoms with E-state index in [9.17, 15) is 22.8 Å². The quantitative estimate of drug-likeness (QED) is 0.486. The number of carbonyl (C=O) groups is 3. The van der Waals surface area contributed by atoms with Gasteiger partial charge in [-0.1, -0.05) is 0 Å². The zero-order valence-corrected chi connectivity index (χ0v) is 9.90. The first-order valence-corrected chi connectivity index (χ1v) is 5.31. The Bertz CT molecular complexity index is 361. The Kier molecular flexibility index (Phi) is 6.76. The summed E-state index contributed by atoms with van der Waals surface area (Å²) in [5.41, 5.74) is 3.68. The first-order valence-electron chi connectivity index (χ1n) is 5.31. The van der Waals surface area contributed by atoms with Crippen LogP contribution in [0.4, 0.5) is 13.2 Å². The number of hydrogen-bond donors (Lipinski definition) is 1. The van der Waals surface area contributed by atoms with E-state index >= 15 is 0 Å². The highest BCUT2D eigenvalue weighted by Crippen LogP contribution is 2.11. The van der Waals surface area contributed by atoms with Crippen LogP contribution in [0, 0.1) is 0 Å². The van der Waals surface area contributed by atoms with Crippen molar-refractivity contribution in [2.45, 2.75) is 19.0 Å². The third-order valence-corrected chi connectivity index (χ3v) is 2.01. The maximum absolute atomic E-state index is 11.0. The number of amides is 2. The average molecular weight is 282 g/mol. The minimum atomic E-state index is -5.19. The molecule has 0 atom stereocenters. The highest BCUT2D eigenvalue weighted by molar-refractivity contribution is 6.12. The summed E-state index contributed by atoms with van der Waals surface area (Å²) in [4.78, 5) is 32.0. The topological polar surface area (TPSA) is 105 Å². The minimum Gasteiger partial charge on any atom is -0.542 e.